The predicted molar refractivity (Wildman–Crippen MR) is 116 cm³/mol. The summed E-state index contributed by atoms with van der Waals surface area (Å²) in [4.78, 5) is 51.0. The van der Waals surface area contributed by atoms with E-state index in [2.05, 4.69) is 0 Å². The first kappa shape index (κ1) is 21.6. The van der Waals surface area contributed by atoms with Crippen LogP contribution in [0.5, 0.6) is 0 Å². The smallest absolute Gasteiger partial charge is 0.338 e. The summed E-state index contributed by atoms with van der Waals surface area (Å²) < 4.78 is 5.28. The number of anilines is 1. The molecule has 0 heterocycles. The second-order valence-electron chi connectivity index (χ2n) is 6.88. The van der Waals surface area contributed by atoms with Gasteiger partial charge < -0.3 is 9.64 Å². The summed E-state index contributed by atoms with van der Waals surface area (Å²) in [5.41, 5.74) is 1.32. The maximum atomic E-state index is 12.5. The van der Waals surface area contributed by atoms with Crippen LogP contribution < -0.4 is 4.90 Å². The fourth-order valence-corrected chi connectivity index (χ4v) is 2.94. The molecule has 0 radical (unpaired) electrons. The summed E-state index contributed by atoms with van der Waals surface area (Å²) in [7, 11) is 1.60. The number of hydrogen-bond donors (Lipinski definition) is 0. The Bertz CT molecular complexity index is 1090. The third-order valence-electron chi connectivity index (χ3n) is 4.73. The number of para-hydroxylation sites is 1. The van der Waals surface area contributed by atoms with Gasteiger partial charge in [0.1, 0.15) is 0 Å². The van der Waals surface area contributed by atoms with E-state index in [4.69, 9.17) is 4.74 Å². The summed E-state index contributed by atoms with van der Waals surface area (Å²) in [5.74, 6) is -2.37. The maximum absolute atomic E-state index is 12.5. The van der Waals surface area contributed by atoms with Gasteiger partial charge in [0.05, 0.1) is 5.56 Å². The molecule has 0 aliphatic heterocycles. The van der Waals surface area contributed by atoms with Gasteiger partial charge in [-0.15, -0.1) is 0 Å². The molecule has 3 aromatic carbocycles. The maximum Gasteiger partial charge on any atom is 0.338 e. The molecule has 156 valence electrons. The van der Waals surface area contributed by atoms with Crippen LogP contribution in [0.3, 0.4) is 0 Å². The predicted octanol–water partition coefficient (Wildman–Crippen LogP) is 3.96. The zero-order valence-electron chi connectivity index (χ0n) is 17.1. The van der Waals surface area contributed by atoms with E-state index in [0.717, 1.165) is 0 Å². The molecule has 0 spiro atoms. The number of ether oxygens (including phenoxy) is 1. The highest BCUT2D eigenvalue weighted by molar-refractivity contribution is 6.49. The number of esters is 1. The number of amides is 1. The van der Waals surface area contributed by atoms with Gasteiger partial charge in [0, 0.05) is 23.9 Å². The van der Waals surface area contributed by atoms with Crippen molar-refractivity contribution in [3.63, 3.8) is 0 Å². The van der Waals surface area contributed by atoms with Gasteiger partial charge in [0.2, 0.25) is 11.6 Å². The normalized spacial score (nSPS) is 11.3. The van der Waals surface area contributed by atoms with Gasteiger partial charge in [0.15, 0.2) is 6.10 Å². The minimum absolute atomic E-state index is 0.165. The first-order valence-corrected chi connectivity index (χ1v) is 9.66. The van der Waals surface area contributed by atoms with Gasteiger partial charge in [-0.25, -0.2) is 4.79 Å². The Hall–Kier alpha value is -4.06. The van der Waals surface area contributed by atoms with Crippen molar-refractivity contribution in [3.05, 3.63) is 102 Å². The molecule has 0 aromatic heterocycles. The molecule has 6 nitrogen and oxygen atoms in total. The molecule has 6 heteroatoms. The zero-order valence-corrected chi connectivity index (χ0v) is 17.1. The third kappa shape index (κ3) is 5.11. The van der Waals surface area contributed by atoms with E-state index in [-0.39, 0.29) is 17.0 Å². The monoisotopic (exact) mass is 415 g/mol. The molecule has 3 aromatic rings. The van der Waals surface area contributed by atoms with Crippen LogP contribution in [0, 0.1) is 0 Å². The van der Waals surface area contributed by atoms with E-state index in [9.17, 15) is 19.2 Å². The Morgan fingerprint density at radius 2 is 1.13 bits per heavy atom. The van der Waals surface area contributed by atoms with Gasteiger partial charge in [-0.2, -0.15) is 0 Å². The van der Waals surface area contributed by atoms with E-state index in [1.54, 1.807) is 61.6 Å². The number of Topliss-reactive ketones (excluding diaryl/α,β-unsaturated/α-hetero) is 2. The summed E-state index contributed by atoms with van der Waals surface area (Å²) in [5, 5.41) is 0. The fourth-order valence-electron chi connectivity index (χ4n) is 2.94. The molecule has 0 unspecified atom stereocenters. The number of hydrogen-bond acceptors (Lipinski definition) is 5. The van der Waals surface area contributed by atoms with Crippen molar-refractivity contribution in [2.75, 3.05) is 11.9 Å². The summed E-state index contributed by atoms with van der Waals surface area (Å²) in [6, 6.07) is 22.8. The Labute approximate surface area is 180 Å². The lowest BCUT2D eigenvalue weighted by atomic mass is 10.0. The van der Waals surface area contributed by atoms with Crippen molar-refractivity contribution in [2.45, 2.75) is 13.0 Å². The standard InChI is InChI=1S/C25H21NO5/c1-17(24(29)26(2)21-11-7-4-8-12-21)31-25(30)20-15-13-19(14-16-20)23(28)22(27)18-9-5-3-6-10-18/h3-17H,1-2H3/t17-/m0/s1. The van der Waals surface area contributed by atoms with Crippen LogP contribution in [0.4, 0.5) is 5.69 Å². The second kappa shape index (κ2) is 9.63. The lowest BCUT2D eigenvalue weighted by Crippen LogP contribution is -2.37. The highest BCUT2D eigenvalue weighted by atomic mass is 16.5. The van der Waals surface area contributed by atoms with Gasteiger partial charge in [0.25, 0.3) is 5.91 Å². The minimum atomic E-state index is -1.00. The van der Waals surface area contributed by atoms with Crippen LogP contribution >= 0.6 is 0 Å². The Morgan fingerprint density at radius 3 is 1.68 bits per heavy atom. The molecule has 31 heavy (non-hydrogen) atoms. The van der Waals surface area contributed by atoms with E-state index in [1.165, 1.54) is 36.1 Å². The summed E-state index contributed by atoms with van der Waals surface area (Å²) >= 11 is 0. The molecule has 0 saturated heterocycles. The molecule has 0 saturated carbocycles. The van der Waals surface area contributed by atoms with Gasteiger partial charge >= 0.3 is 5.97 Å². The van der Waals surface area contributed by atoms with Gasteiger partial charge in [-0.1, -0.05) is 60.7 Å². The quantitative estimate of drug-likeness (QED) is 0.331. The van der Waals surface area contributed by atoms with Crippen LogP contribution in [0.25, 0.3) is 0 Å². The zero-order chi connectivity index (χ0) is 22.4. The molecule has 1 amide bonds. The highest BCUT2D eigenvalue weighted by Crippen LogP contribution is 2.15. The molecule has 1 atom stereocenters. The number of carbonyl (C=O) groups is 4. The molecule has 3 rings (SSSR count). The Kier molecular flexibility index (Phi) is 6.72. The molecule has 0 fully saturated rings. The molecule has 0 bridgehead atoms. The molecular formula is C25H21NO5. The first-order chi connectivity index (χ1) is 14.9. The lowest BCUT2D eigenvalue weighted by Gasteiger charge is -2.21. The lowest BCUT2D eigenvalue weighted by molar-refractivity contribution is -0.126. The summed E-state index contributed by atoms with van der Waals surface area (Å²) in [6.07, 6.45) is -1.00. The molecule has 0 N–H and O–H groups in total. The second-order valence-corrected chi connectivity index (χ2v) is 6.88. The molecular weight excluding hydrogens is 394 g/mol. The highest BCUT2D eigenvalue weighted by Gasteiger charge is 2.24. The fraction of sp³-hybridized carbons (Fsp3) is 0.120. The van der Waals surface area contributed by atoms with E-state index in [0.29, 0.717) is 11.3 Å². The van der Waals surface area contributed by atoms with Crippen molar-refractivity contribution in [1.29, 1.82) is 0 Å². The molecule has 0 aliphatic carbocycles. The van der Waals surface area contributed by atoms with Crippen molar-refractivity contribution >= 4 is 29.1 Å². The number of ketones is 2. The van der Waals surface area contributed by atoms with Crippen molar-refractivity contribution in [3.8, 4) is 0 Å². The van der Waals surface area contributed by atoms with Crippen LogP contribution in [0.1, 0.15) is 38.0 Å². The van der Waals surface area contributed by atoms with Crippen molar-refractivity contribution in [2.24, 2.45) is 0 Å². The first-order valence-electron chi connectivity index (χ1n) is 9.66. The topological polar surface area (TPSA) is 80.8 Å². The Balaban J connectivity index is 1.64. The Morgan fingerprint density at radius 1 is 0.677 bits per heavy atom. The van der Waals surface area contributed by atoms with Gasteiger partial charge in [-0.05, 0) is 31.2 Å². The number of carbonyl (C=O) groups excluding carboxylic acids is 4. The van der Waals surface area contributed by atoms with Crippen LogP contribution in [-0.2, 0) is 9.53 Å². The minimum Gasteiger partial charge on any atom is -0.449 e. The van der Waals surface area contributed by atoms with E-state index >= 15 is 0 Å². The van der Waals surface area contributed by atoms with Crippen molar-refractivity contribution in [1.82, 2.24) is 0 Å². The SMILES string of the molecule is C[C@H](OC(=O)c1ccc(C(=O)C(=O)c2ccccc2)cc1)C(=O)N(C)c1ccccc1. The van der Waals surface area contributed by atoms with Crippen LogP contribution in [-0.4, -0.2) is 36.6 Å². The number of benzene rings is 3. The summed E-state index contributed by atoms with van der Waals surface area (Å²) in [6.45, 7) is 1.50. The average Bonchev–Trinajstić information content (AvgIpc) is 2.83. The number of likely N-dealkylation sites (N-methyl/N-ethyl adjacent to an activating group) is 1. The van der Waals surface area contributed by atoms with E-state index in [1.807, 2.05) is 6.07 Å². The van der Waals surface area contributed by atoms with Crippen molar-refractivity contribution < 1.29 is 23.9 Å². The molecule has 0 aliphatic rings. The average molecular weight is 415 g/mol. The number of nitrogens with zero attached hydrogens (tertiary/aromatic N) is 1. The largest absolute Gasteiger partial charge is 0.449 e. The number of rotatable bonds is 7. The third-order valence-corrected chi connectivity index (χ3v) is 4.73. The van der Waals surface area contributed by atoms with Crippen LogP contribution in [0.15, 0.2) is 84.9 Å². The van der Waals surface area contributed by atoms with E-state index < -0.39 is 23.6 Å². The van der Waals surface area contributed by atoms with Crippen LogP contribution in [0.2, 0.25) is 0 Å². The van der Waals surface area contributed by atoms with Gasteiger partial charge in [-0.3, -0.25) is 14.4 Å².